The van der Waals surface area contributed by atoms with Crippen LogP contribution in [0.3, 0.4) is 0 Å². The molecule has 3 nitrogen and oxygen atoms in total. The summed E-state index contributed by atoms with van der Waals surface area (Å²) in [6.07, 6.45) is 0.902. The zero-order chi connectivity index (χ0) is 16.4. The van der Waals surface area contributed by atoms with Gasteiger partial charge in [0.1, 0.15) is 0 Å². The first-order chi connectivity index (χ1) is 10.4. The van der Waals surface area contributed by atoms with E-state index in [0.29, 0.717) is 11.3 Å². The minimum Gasteiger partial charge on any atom is -0.322 e. The minimum absolute atomic E-state index is 0.145. The van der Waals surface area contributed by atoms with Crippen LogP contribution in [-0.4, -0.2) is 17.1 Å². The van der Waals surface area contributed by atoms with Crippen molar-refractivity contribution in [3.63, 3.8) is 0 Å². The third-order valence-electron chi connectivity index (χ3n) is 4.15. The predicted octanol–water partition coefficient (Wildman–Crippen LogP) is 4.02. The highest BCUT2D eigenvalue weighted by molar-refractivity contribution is 6.32. The predicted molar refractivity (Wildman–Crippen MR) is 89.8 cm³/mol. The number of Topliss-reactive ketones (excluding diaryl/α,β-unsaturated/α-hetero) is 1. The molecule has 4 heteroatoms. The number of allylic oxidation sites excluding steroid dienone is 2. The number of fused-ring (bicyclic) bond motifs is 1. The van der Waals surface area contributed by atoms with Crippen molar-refractivity contribution in [2.24, 2.45) is 11.8 Å². The summed E-state index contributed by atoms with van der Waals surface area (Å²) >= 11 is 6.63. The number of halogens is 1. The van der Waals surface area contributed by atoms with Crippen molar-refractivity contribution in [3.05, 3.63) is 41.1 Å². The van der Waals surface area contributed by atoms with Crippen LogP contribution in [-0.2, 0) is 4.79 Å². The van der Waals surface area contributed by atoms with Gasteiger partial charge in [0.25, 0.3) is 0 Å². The standard InChI is InChI=1S/C18H22ClNO2/c1-5-11(4)15(19)14-12-8-6-7-9-13(12)17(21)16(14)20-18(22)10(2)3/h6-11,15H,5H2,1-4H3,(H,20,21,22). The molecule has 0 heterocycles. The van der Waals surface area contributed by atoms with Gasteiger partial charge in [-0.1, -0.05) is 58.4 Å². The van der Waals surface area contributed by atoms with Crippen LogP contribution in [0.1, 0.15) is 50.0 Å². The van der Waals surface area contributed by atoms with Crippen molar-refractivity contribution in [2.75, 3.05) is 0 Å². The molecule has 1 amide bonds. The van der Waals surface area contributed by atoms with Crippen molar-refractivity contribution in [3.8, 4) is 0 Å². The van der Waals surface area contributed by atoms with E-state index in [-0.39, 0.29) is 28.9 Å². The molecule has 2 atom stereocenters. The number of hydrogen-bond acceptors (Lipinski definition) is 2. The first kappa shape index (κ1) is 16.8. The highest BCUT2D eigenvalue weighted by Gasteiger charge is 2.35. The van der Waals surface area contributed by atoms with Gasteiger partial charge in [0.05, 0.1) is 11.1 Å². The molecule has 1 aromatic rings. The maximum atomic E-state index is 12.6. The first-order valence-corrected chi connectivity index (χ1v) is 8.15. The average molecular weight is 320 g/mol. The van der Waals surface area contributed by atoms with Crippen LogP contribution in [0.25, 0.3) is 5.57 Å². The van der Waals surface area contributed by atoms with E-state index in [1.165, 1.54) is 0 Å². The summed E-state index contributed by atoms with van der Waals surface area (Å²) in [5.41, 5.74) is 2.56. The van der Waals surface area contributed by atoms with Crippen molar-refractivity contribution >= 4 is 28.9 Å². The van der Waals surface area contributed by atoms with Crippen molar-refractivity contribution in [1.29, 1.82) is 0 Å². The van der Waals surface area contributed by atoms with Gasteiger partial charge in [0.2, 0.25) is 11.7 Å². The Bertz CT molecular complexity index is 634. The summed E-state index contributed by atoms with van der Waals surface area (Å²) < 4.78 is 0. The molecule has 1 N–H and O–H groups in total. The second-order valence-corrected chi connectivity index (χ2v) is 6.56. The zero-order valence-corrected chi connectivity index (χ0v) is 14.2. The molecule has 0 spiro atoms. The molecule has 0 saturated carbocycles. The molecular weight excluding hydrogens is 298 g/mol. The molecular formula is C18H22ClNO2. The number of carbonyl (C=O) groups excluding carboxylic acids is 2. The highest BCUT2D eigenvalue weighted by Crippen LogP contribution is 2.39. The fraction of sp³-hybridized carbons (Fsp3) is 0.444. The molecule has 1 aliphatic rings. The van der Waals surface area contributed by atoms with Crippen LogP contribution < -0.4 is 5.32 Å². The summed E-state index contributed by atoms with van der Waals surface area (Å²) in [7, 11) is 0. The summed E-state index contributed by atoms with van der Waals surface area (Å²) in [5, 5.41) is 2.49. The van der Waals surface area contributed by atoms with Gasteiger partial charge in [-0.2, -0.15) is 0 Å². The van der Waals surface area contributed by atoms with E-state index in [1.807, 2.05) is 18.2 Å². The average Bonchev–Trinajstić information content (AvgIpc) is 2.78. The summed E-state index contributed by atoms with van der Waals surface area (Å²) in [6, 6.07) is 7.40. The van der Waals surface area contributed by atoms with Crippen LogP contribution in [0.4, 0.5) is 0 Å². The number of carbonyl (C=O) groups is 2. The molecule has 0 fully saturated rings. The summed E-state index contributed by atoms with van der Waals surface area (Å²) in [4.78, 5) is 24.7. The van der Waals surface area contributed by atoms with Crippen LogP contribution in [0.15, 0.2) is 30.0 Å². The number of ketones is 1. The van der Waals surface area contributed by atoms with E-state index < -0.39 is 0 Å². The van der Waals surface area contributed by atoms with E-state index in [9.17, 15) is 9.59 Å². The first-order valence-electron chi connectivity index (χ1n) is 7.71. The van der Waals surface area contributed by atoms with Gasteiger partial charge >= 0.3 is 0 Å². The molecule has 1 aromatic carbocycles. The second kappa shape index (κ2) is 6.66. The Kier molecular flexibility index (Phi) is 5.07. The number of rotatable bonds is 5. The Morgan fingerprint density at radius 1 is 1.18 bits per heavy atom. The maximum Gasteiger partial charge on any atom is 0.227 e. The third-order valence-corrected chi connectivity index (χ3v) is 4.80. The van der Waals surface area contributed by atoms with E-state index in [0.717, 1.165) is 17.6 Å². The smallest absolute Gasteiger partial charge is 0.227 e. The van der Waals surface area contributed by atoms with Crippen molar-refractivity contribution < 1.29 is 9.59 Å². The van der Waals surface area contributed by atoms with Gasteiger partial charge in [-0.25, -0.2) is 0 Å². The number of benzene rings is 1. The SMILES string of the molecule is CCC(C)C(Cl)C1=C(NC(=O)C(C)C)C(=O)c2ccccc21. The van der Waals surface area contributed by atoms with Gasteiger partial charge in [-0.15, -0.1) is 11.6 Å². The zero-order valence-electron chi connectivity index (χ0n) is 13.4. The number of alkyl halides is 1. The molecule has 22 heavy (non-hydrogen) atoms. The lowest BCUT2D eigenvalue weighted by Crippen LogP contribution is -2.31. The van der Waals surface area contributed by atoms with Crippen molar-refractivity contribution in [1.82, 2.24) is 5.32 Å². The van der Waals surface area contributed by atoms with Crippen LogP contribution >= 0.6 is 11.6 Å². The molecule has 0 aliphatic heterocycles. The Morgan fingerprint density at radius 3 is 2.32 bits per heavy atom. The number of amides is 1. The van der Waals surface area contributed by atoms with Crippen LogP contribution in [0.2, 0.25) is 0 Å². The molecule has 0 bridgehead atoms. The van der Waals surface area contributed by atoms with Crippen LogP contribution in [0, 0.1) is 11.8 Å². The molecule has 118 valence electrons. The monoisotopic (exact) mass is 319 g/mol. The van der Waals surface area contributed by atoms with Crippen LogP contribution in [0.5, 0.6) is 0 Å². The van der Waals surface area contributed by atoms with Gasteiger partial charge < -0.3 is 5.32 Å². The van der Waals surface area contributed by atoms with Gasteiger partial charge in [-0.3, -0.25) is 9.59 Å². The summed E-state index contributed by atoms with van der Waals surface area (Å²) in [5.74, 6) is -0.292. The molecule has 2 rings (SSSR count). The van der Waals surface area contributed by atoms with E-state index in [2.05, 4.69) is 19.2 Å². The minimum atomic E-state index is -0.305. The number of nitrogens with one attached hydrogen (secondary N) is 1. The van der Waals surface area contributed by atoms with Gasteiger partial charge in [-0.05, 0) is 11.5 Å². The lowest BCUT2D eigenvalue weighted by molar-refractivity contribution is -0.123. The Balaban J connectivity index is 2.52. The van der Waals surface area contributed by atoms with Gasteiger partial charge in [0.15, 0.2) is 0 Å². The Labute approximate surface area is 136 Å². The Hall–Kier alpha value is -1.61. The lowest BCUT2D eigenvalue weighted by Gasteiger charge is -2.20. The molecule has 0 radical (unpaired) electrons. The highest BCUT2D eigenvalue weighted by atomic mass is 35.5. The van der Waals surface area contributed by atoms with Crippen molar-refractivity contribution in [2.45, 2.75) is 39.5 Å². The topological polar surface area (TPSA) is 46.2 Å². The fourth-order valence-electron chi connectivity index (χ4n) is 2.48. The fourth-order valence-corrected chi connectivity index (χ4v) is 2.88. The maximum absolute atomic E-state index is 12.6. The molecule has 2 unspecified atom stereocenters. The second-order valence-electron chi connectivity index (χ2n) is 6.09. The summed E-state index contributed by atoms with van der Waals surface area (Å²) in [6.45, 7) is 7.72. The largest absolute Gasteiger partial charge is 0.322 e. The molecule has 0 saturated heterocycles. The van der Waals surface area contributed by atoms with E-state index in [4.69, 9.17) is 11.6 Å². The van der Waals surface area contributed by atoms with E-state index >= 15 is 0 Å². The normalized spacial score (nSPS) is 16.7. The van der Waals surface area contributed by atoms with Gasteiger partial charge in [0, 0.05) is 17.1 Å². The third kappa shape index (κ3) is 2.95. The molecule has 1 aliphatic carbocycles. The number of hydrogen-bond donors (Lipinski definition) is 1. The lowest BCUT2D eigenvalue weighted by atomic mass is 9.93. The quantitative estimate of drug-likeness (QED) is 0.833. The Morgan fingerprint density at radius 2 is 1.77 bits per heavy atom. The van der Waals surface area contributed by atoms with E-state index in [1.54, 1.807) is 19.9 Å². The molecule has 0 aromatic heterocycles.